The highest BCUT2D eigenvalue weighted by Gasteiger charge is 2.27. The Balaban J connectivity index is 1.65. The maximum atomic E-state index is 11.3. The van der Waals surface area contributed by atoms with Gasteiger partial charge in [-0.2, -0.15) is 0 Å². The van der Waals surface area contributed by atoms with Gasteiger partial charge >= 0.3 is 0 Å². The molecule has 29 heavy (non-hydrogen) atoms. The maximum absolute atomic E-state index is 11.3. The number of nitrogens with zero attached hydrogens (tertiary/aromatic N) is 3. The van der Waals surface area contributed by atoms with Gasteiger partial charge in [-0.3, -0.25) is 14.7 Å². The summed E-state index contributed by atoms with van der Waals surface area (Å²) in [5.41, 5.74) is 5.52. The number of amides is 1. The van der Waals surface area contributed by atoms with Crippen LogP contribution in [0.5, 0.6) is 0 Å². The summed E-state index contributed by atoms with van der Waals surface area (Å²) in [6, 6.07) is 0. The molecule has 0 aromatic rings. The molecule has 0 radical (unpaired) electrons. The molecule has 4 N–H and O–H groups in total. The van der Waals surface area contributed by atoms with E-state index in [-0.39, 0.29) is 17.4 Å². The lowest BCUT2D eigenvalue weighted by molar-refractivity contribution is -0.123. The molecule has 168 valence electrons. The zero-order chi connectivity index (χ0) is 21.1. The van der Waals surface area contributed by atoms with Crippen molar-refractivity contribution >= 4 is 11.9 Å². The molecular weight excluding hydrogens is 364 g/mol. The largest absolute Gasteiger partial charge is 0.369 e. The summed E-state index contributed by atoms with van der Waals surface area (Å²) in [7, 11) is 0. The molecule has 0 aromatic carbocycles. The summed E-state index contributed by atoms with van der Waals surface area (Å²) in [6.45, 7) is 14.9. The number of aliphatic imine (C=N–C) groups is 1. The molecule has 0 spiro atoms. The number of guanidine groups is 1. The Labute approximate surface area is 177 Å². The van der Waals surface area contributed by atoms with Crippen LogP contribution in [0, 0.1) is 5.92 Å². The van der Waals surface area contributed by atoms with E-state index in [9.17, 15) is 4.79 Å². The van der Waals surface area contributed by atoms with Crippen LogP contribution in [0.25, 0.3) is 0 Å². The van der Waals surface area contributed by atoms with Gasteiger partial charge in [0.2, 0.25) is 5.91 Å². The smallest absolute Gasteiger partial charge is 0.220 e. The van der Waals surface area contributed by atoms with Crippen molar-refractivity contribution in [2.24, 2.45) is 16.6 Å². The van der Waals surface area contributed by atoms with Crippen molar-refractivity contribution in [3.8, 4) is 0 Å². The summed E-state index contributed by atoms with van der Waals surface area (Å²) in [6.07, 6.45) is 8.10. The molecule has 7 heteroatoms. The van der Waals surface area contributed by atoms with Crippen LogP contribution in [0.15, 0.2) is 4.99 Å². The monoisotopic (exact) mass is 408 g/mol. The summed E-state index contributed by atoms with van der Waals surface area (Å²) in [5.74, 6) is 0.883. The van der Waals surface area contributed by atoms with Crippen molar-refractivity contribution in [3.63, 3.8) is 0 Å². The van der Waals surface area contributed by atoms with Crippen LogP contribution in [0.4, 0.5) is 0 Å². The van der Waals surface area contributed by atoms with Crippen molar-refractivity contribution in [2.75, 3.05) is 52.4 Å². The lowest BCUT2D eigenvalue weighted by atomic mass is 9.96. The van der Waals surface area contributed by atoms with Crippen molar-refractivity contribution in [1.82, 2.24) is 20.4 Å². The first-order valence-electron chi connectivity index (χ1n) is 11.7. The second kappa shape index (κ2) is 12.4. The number of rotatable bonds is 10. The van der Waals surface area contributed by atoms with Crippen molar-refractivity contribution < 1.29 is 4.79 Å². The van der Waals surface area contributed by atoms with E-state index in [2.05, 4.69) is 41.2 Å². The number of nitrogens with one attached hydrogen (secondary N) is 2. The third-order valence-electron chi connectivity index (χ3n) is 6.36. The number of hydrogen-bond donors (Lipinski definition) is 3. The van der Waals surface area contributed by atoms with Gasteiger partial charge in [0.1, 0.15) is 0 Å². The minimum atomic E-state index is -0.132. The minimum Gasteiger partial charge on any atom is -0.369 e. The van der Waals surface area contributed by atoms with E-state index in [1.54, 1.807) is 0 Å². The molecule has 2 aliphatic heterocycles. The van der Waals surface area contributed by atoms with Crippen molar-refractivity contribution in [3.05, 3.63) is 0 Å². The molecule has 2 rings (SSSR count). The van der Waals surface area contributed by atoms with Gasteiger partial charge in [0.25, 0.3) is 0 Å². The fraction of sp³-hybridized carbons (Fsp3) is 0.909. The molecule has 0 aliphatic carbocycles. The van der Waals surface area contributed by atoms with E-state index in [0.29, 0.717) is 0 Å². The minimum absolute atomic E-state index is 0.0843. The SMILES string of the molecule is CCNC(=NCC(C)(C)N1CCCCC1)NCCCCN1CCC(C(N)=O)CC1. The number of hydrogen-bond acceptors (Lipinski definition) is 4. The molecule has 2 heterocycles. The van der Waals surface area contributed by atoms with E-state index in [1.807, 2.05) is 0 Å². The molecular formula is C22H44N6O. The number of carbonyl (C=O) groups excluding carboxylic acids is 1. The van der Waals surface area contributed by atoms with Crippen LogP contribution in [-0.2, 0) is 4.79 Å². The Hall–Kier alpha value is -1.34. The maximum Gasteiger partial charge on any atom is 0.220 e. The normalized spacial score (nSPS) is 20.6. The van der Waals surface area contributed by atoms with Crippen LogP contribution in [0.3, 0.4) is 0 Å². The number of likely N-dealkylation sites (tertiary alicyclic amines) is 2. The fourth-order valence-corrected chi connectivity index (χ4v) is 4.32. The molecule has 0 saturated carbocycles. The van der Waals surface area contributed by atoms with E-state index < -0.39 is 0 Å². The summed E-state index contributed by atoms with van der Waals surface area (Å²) < 4.78 is 0. The molecule has 0 aromatic heterocycles. The van der Waals surface area contributed by atoms with Gasteiger partial charge in [0, 0.05) is 24.5 Å². The summed E-state index contributed by atoms with van der Waals surface area (Å²) in [4.78, 5) is 21.2. The summed E-state index contributed by atoms with van der Waals surface area (Å²) >= 11 is 0. The first kappa shape index (κ1) is 23.9. The van der Waals surface area contributed by atoms with Crippen LogP contribution < -0.4 is 16.4 Å². The van der Waals surface area contributed by atoms with Crippen LogP contribution >= 0.6 is 0 Å². The fourth-order valence-electron chi connectivity index (χ4n) is 4.32. The van der Waals surface area contributed by atoms with Crippen molar-refractivity contribution in [2.45, 2.75) is 71.3 Å². The first-order valence-corrected chi connectivity index (χ1v) is 11.7. The molecule has 2 saturated heterocycles. The Morgan fingerprint density at radius 2 is 1.76 bits per heavy atom. The van der Waals surface area contributed by atoms with E-state index >= 15 is 0 Å². The molecule has 0 unspecified atom stereocenters. The van der Waals surface area contributed by atoms with Crippen LogP contribution in [-0.4, -0.2) is 79.6 Å². The Morgan fingerprint density at radius 1 is 1.07 bits per heavy atom. The number of unbranched alkanes of at least 4 members (excludes halogenated alkanes) is 1. The average Bonchev–Trinajstić information content (AvgIpc) is 2.72. The van der Waals surface area contributed by atoms with Gasteiger partial charge in [-0.25, -0.2) is 0 Å². The predicted molar refractivity (Wildman–Crippen MR) is 121 cm³/mol. The van der Waals surface area contributed by atoms with E-state index in [4.69, 9.17) is 10.7 Å². The number of nitrogens with two attached hydrogens (primary N) is 1. The Bertz CT molecular complexity index is 507. The van der Waals surface area contributed by atoms with E-state index in [1.165, 1.54) is 32.4 Å². The predicted octanol–water partition coefficient (Wildman–Crippen LogP) is 1.78. The zero-order valence-electron chi connectivity index (χ0n) is 19.0. The van der Waals surface area contributed by atoms with Gasteiger partial charge in [-0.1, -0.05) is 6.42 Å². The summed E-state index contributed by atoms with van der Waals surface area (Å²) in [5, 5.41) is 6.88. The standard InChI is InChI=1S/C22H44N6O/c1-4-24-21(26-18-22(2,3)28-14-7-5-8-15-28)25-12-6-9-13-27-16-10-19(11-17-27)20(23)29/h19H,4-18H2,1-3H3,(H2,23,29)(H2,24,25,26). The lowest BCUT2D eigenvalue weighted by Gasteiger charge is -2.40. The topological polar surface area (TPSA) is 86.0 Å². The van der Waals surface area contributed by atoms with Gasteiger partial charge in [0.15, 0.2) is 5.96 Å². The van der Waals surface area contributed by atoms with Crippen molar-refractivity contribution in [1.29, 1.82) is 0 Å². The third kappa shape index (κ3) is 8.51. The lowest BCUT2D eigenvalue weighted by Crippen LogP contribution is -2.49. The van der Waals surface area contributed by atoms with Gasteiger partial charge < -0.3 is 21.3 Å². The van der Waals surface area contributed by atoms with Crippen LogP contribution in [0.2, 0.25) is 0 Å². The Morgan fingerprint density at radius 3 is 2.38 bits per heavy atom. The molecule has 2 aliphatic rings. The third-order valence-corrected chi connectivity index (χ3v) is 6.36. The highest BCUT2D eigenvalue weighted by atomic mass is 16.1. The second-order valence-corrected chi connectivity index (χ2v) is 9.21. The highest BCUT2D eigenvalue weighted by Crippen LogP contribution is 2.21. The van der Waals surface area contributed by atoms with E-state index in [0.717, 1.165) is 70.9 Å². The number of piperidine rings is 2. The quantitative estimate of drug-likeness (QED) is 0.291. The van der Waals surface area contributed by atoms with Gasteiger partial charge in [-0.05, 0) is 92.0 Å². The second-order valence-electron chi connectivity index (χ2n) is 9.21. The average molecular weight is 409 g/mol. The molecule has 7 nitrogen and oxygen atoms in total. The molecule has 1 amide bonds. The Kier molecular flexibility index (Phi) is 10.2. The number of carbonyl (C=O) groups is 1. The van der Waals surface area contributed by atoms with Gasteiger partial charge in [-0.15, -0.1) is 0 Å². The molecule has 0 bridgehead atoms. The highest BCUT2D eigenvalue weighted by molar-refractivity contribution is 5.79. The van der Waals surface area contributed by atoms with Crippen LogP contribution in [0.1, 0.15) is 65.7 Å². The van der Waals surface area contributed by atoms with Gasteiger partial charge in [0.05, 0.1) is 6.54 Å². The molecule has 0 atom stereocenters. The first-order chi connectivity index (χ1) is 13.9. The zero-order valence-corrected chi connectivity index (χ0v) is 19.0. The molecule has 2 fully saturated rings. The number of primary amides is 1.